The van der Waals surface area contributed by atoms with Gasteiger partial charge in [0, 0.05) is 0 Å². The third-order valence-electron chi connectivity index (χ3n) is 4.52. The molecule has 1 aliphatic rings. The molecule has 2 atom stereocenters. The zero-order valence-electron chi connectivity index (χ0n) is 16.1. The number of nitrogens with zero attached hydrogens (tertiary/aromatic N) is 1. The van der Waals surface area contributed by atoms with Gasteiger partial charge >= 0.3 is 0 Å². The summed E-state index contributed by atoms with van der Waals surface area (Å²) in [6, 6.07) is 12.8. The summed E-state index contributed by atoms with van der Waals surface area (Å²) < 4.78 is 36.8. The van der Waals surface area contributed by atoms with Crippen LogP contribution in [0.25, 0.3) is 0 Å². The number of hydrogen-bond donors (Lipinski definition) is 1. The third-order valence-corrected chi connectivity index (χ3v) is 5.77. The molecule has 0 spiro atoms. The van der Waals surface area contributed by atoms with Crippen molar-refractivity contribution >= 4 is 21.6 Å². The average Bonchev–Trinajstić information content (AvgIpc) is 2.67. The van der Waals surface area contributed by atoms with Crippen LogP contribution in [0.5, 0.6) is 11.5 Å². The van der Waals surface area contributed by atoms with E-state index in [0.29, 0.717) is 30.4 Å². The minimum atomic E-state index is -3.64. The fourth-order valence-corrected chi connectivity index (χ4v) is 4.31. The molecule has 2 aromatic carbocycles. The number of carbonyl (C=O) groups is 1. The molecule has 1 N–H and O–H groups in total. The van der Waals surface area contributed by atoms with Crippen LogP contribution in [0.2, 0.25) is 0 Å². The molecule has 0 aromatic heterocycles. The summed E-state index contributed by atoms with van der Waals surface area (Å²) in [7, 11) is -3.64. The van der Waals surface area contributed by atoms with Crippen molar-refractivity contribution in [3.8, 4) is 11.5 Å². The summed E-state index contributed by atoms with van der Waals surface area (Å²) in [5.41, 5.74) is 1.29. The monoisotopic (exact) mass is 404 g/mol. The Morgan fingerprint density at radius 3 is 2.32 bits per heavy atom. The minimum absolute atomic E-state index is 0.331. The maximum atomic E-state index is 12.8. The summed E-state index contributed by atoms with van der Waals surface area (Å²) in [4.78, 5) is 12.8. The lowest BCUT2D eigenvalue weighted by Crippen LogP contribution is -2.48. The van der Waals surface area contributed by atoms with E-state index in [9.17, 15) is 13.2 Å². The third kappa shape index (κ3) is 4.39. The number of carbonyl (C=O) groups excluding carboxylic acids is 1. The lowest BCUT2D eigenvalue weighted by atomic mass is 10.1. The number of rotatable bonds is 6. The maximum Gasteiger partial charge on any atom is 0.244 e. The fourth-order valence-electron chi connectivity index (χ4n) is 3.13. The van der Waals surface area contributed by atoms with Gasteiger partial charge in [0.1, 0.15) is 19.3 Å². The van der Waals surface area contributed by atoms with Crippen LogP contribution in [0.3, 0.4) is 0 Å². The summed E-state index contributed by atoms with van der Waals surface area (Å²) >= 11 is 0. The number of ether oxygens (including phenoxy) is 2. The Hall–Kier alpha value is -2.74. The molecule has 0 unspecified atom stereocenters. The van der Waals surface area contributed by atoms with Crippen molar-refractivity contribution in [2.24, 2.45) is 0 Å². The van der Waals surface area contributed by atoms with Crippen LogP contribution in [0.4, 0.5) is 5.69 Å². The molecule has 28 heavy (non-hydrogen) atoms. The molecule has 0 aliphatic carbocycles. The molecule has 1 aliphatic heterocycles. The number of benzene rings is 2. The van der Waals surface area contributed by atoms with Crippen LogP contribution in [-0.4, -0.2) is 39.8 Å². The van der Waals surface area contributed by atoms with Crippen molar-refractivity contribution in [3.63, 3.8) is 0 Å². The predicted octanol–water partition coefficient (Wildman–Crippen LogP) is 2.49. The molecule has 3 rings (SSSR count). The van der Waals surface area contributed by atoms with Crippen LogP contribution in [0.15, 0.2) is 48.5 Å². The van der Waals surface area contributed by atoms with Crippen molar-refractivity contribution in [1.82, 2.24) is 5.32 Å². The number of nitrogens with one attached hydrogen (secondary N) is 1. The smallest absolute Gasteiger partial charge is 0.244 e. The molecule has 0 saturated heterocycles. The van der Waals surface area contributed by atoms with E-state index in [1.807, 2.05) is 25.1 Å². The van der Waals surface area contributed by atoms with Crippen molar-refractivity contribution in [2.45, 2.75) is 25.9 Å². The van der Waals surface area contributed by atoms with E-state index in [2.05, 4.69) is 5.32 Å². The van der Waals surface area contributed by atoms with Gasteiger partial charge in [-0.2, -0.15) is 0 Å². The average molecular weight is 404 g/mol. The largest absolute Gasteiger partial charge is 0.486 e. The predicted molar refractivity (Wildman–Crippen MR) is 107 cm³/mol. The van der Waals surface area contributed by atoms with Crippen LogP contribution in [-0.2, 0) is 14.8 Å². The molecular formula is C20H24N2O5S. The molecule has 0 radical (unpaired) electrons. The van der Waals surface area contributed by atoms with Crippen molar-refractivity contribution in [1.29, 1.82) is 0 Å². The first-order valence-electron chi connectivity index (χ1n) is 9.02. The van der Waals surface area contributed by atoms with E-state index in [0.717, 1.165) is 16.1 Å². The fraction of sp³-hybridized carbons (Fsp3) is 0.350. The first-order valence-corrected chi connectivity index (χ1v) is 10.9. The second-order valence-corrected chi connectivity index (χ2v) is 8.56. The van der Waals surface area contributed by atoms with E-state index < -0.39 is 22.0 Å². The second kappa shape index (κ2) is 8.10. The number of amides is 1. The molecular weight excluding hydrogens is 380 g/mol. The van der Waals surface area contributed by atoms with Gasteiger partial charge < -0.3 is 14.8 Å². The highest BCUT2D eigenvalue weighted by molar-refractivity contribution is 7.92. The van der Waals surface area contributed by atoms with Gasteiger partial charge in [0.05, 0.1) is 18.0 Å². The highest BCUT2D eigenvalue weighted by Gasteiger charge is 2.30. The Kier molecular flexibility index (Phi) is 5.79. The summed E-state index contributed by atoms with van der Waals surface area (Å²) in [5, 5.41) is 2.88. The van der Waals surface area contributed by atoms with E-state index in [1.165, 1.54) is 0 Å². The number of sulfonamides is 1. The van der Waals surface area contributed by atoms with Gasteiger partial charge in [0.25, 0.3) is 0 Å². The number of hydrogen-bond acceptors (Lipinski definition) is 5. The second-order valence-electron chi connectivity index (χ2n) is 6.70. The standard InChI is InChI=1S/C20H24N2O5S/c1-14(16-9-10-18-19(13-16)27-12-11-26-18)21-20(23)15(2)22(28(3,24)25)17-7-5-4-6-8-17/h4-10,13-15H,11-12H2,1-3H3,(H,21,23)/t14-,15-/m1/s1. The van der Waals surface area contributed by atoms with Gasteiger partial charge in [0.15, 0.2) is 11.5 Å². The molecule has 0 saturated carbocycles. The molecule has 8 heteroatoms. The van der Waals surface area contributed by atoms with Gasteiger partial charge in [-0.3, -0.25) is 9.10 Å². The van der Waals surface area contributed by atoms with E-state index in [4.69, 9.17) is 9.47 Å². The topological polar surface area (TPSA) is 84.9 Å². The Morgan fingerprint density at radius 1 is 1.04 bits per heavy atom. The molecule has 0 bridgehead atoms. The van der Waals surface area contributed by atoms with Crippen LogP contribution in [0.1, 0.15) is 25.5 Å². The van der Waals surface area contributed by atoms with E-state index in [-0.39, 0.29) is 6.04 Å². The first-order chi connectivity index (χ1) is 13.3. The zero-order chi connectivity index (χ0) is 20.3. The van der Waals surface area contributed by atoms with Gasteiger partial charge in [-0.05, 0) is 43.7 Å². The van der Waals surface area contributed by atoms with Crippen molar-refractivity contribution in [2.75, 3.05) is 23.8 Å². The van der Waals surface area contributed by atoms with E-state index >= 15 is 0 Å². The first kappa shape index (κ1) is 20.0. The maximum absolute atomic E-state index is 12.8. The lowest BCUT2D eigenvalue weighted by molar-refractivity contribution is -0.122. The Morgan fingerprint density at radius 2 is 1.68 bits per heavy atom. The van der Waals surface area contributed by atoms with Crippen LogP contribution < -0.4 is 19.1 Å². The van der Waals surface area contributed by atoms with Crippen molar-refractivity contribution in [3.05, 3.63) is 54.1 Å². The molecule has 1 heterocycles. The summed E-state index contributed by atoms with van der Waals surface area (Å²) in [6.07, 6.45) is 1.09. The number of para-hydroxylation sites is 1. The van der Waals surface area contributed by atoms with Gasteiger partial charge in [-0.25, -0.2) is 8.42 Å². The normalized spacial score (nSPS) is 15.4. The SMILES string of the molecule is C[C@H](C(=O)N[C@H](C)c1ccc2c(c1)OCCO2)N(c1ccccc1)S(C)(=O)=O. The van der Waals surface area contributed by atoms with Crippen LogP contribution >= 0.6 is 0 Å². The number of anilines is 1. The minimum Gasteiger partial charge on any atom is -0.486 e. The quantitative estimate of drug-likeness (QED) is 0.800. The molecule has 150 valence electrons. The number of fused-ring (bicyclic) bond motifs is 1. The summed E-state index contributed by atoms with van der Waals surface area (Å²) in [6.45, 7) is 4.40. The lowest BCUT2D eigenvalue weighted by Gasteiger charge is -2.29. The van der Waals surface area contributed by atoms with Gasteiger partial charge in [-0.15, -0.1) is 0 Å². The molecule has 1 amide bonds. The van der Waals surface area contributed by atoms with Gasteiger partial charge in [-0.1, -0.05) is 24.3 Å². The molecule has 2 aromatic rings. The summed E-state index contributed by atoms with van der Waals surface area (Å²) in [5.74, 6) is 0.922. The van der Waals surface area contributed by atoms with Crippen LogP contribution in [0, 0.1) is 0 Å². The Bertz CT molecular complexity index is 946. The zero-order valence-corrected chi connectivity index (χ0v) is 16.9. The van der Waals surface area contributed by atoms with Gasteiger partial charge in [0.2, 0.25) is 15.9 Å². The Labute approximate surface area is 165 Å². The highest BCUT2D eigenvalue weighted by atomic mass is 32.2. The Balaban J connectivity index is 1.77. The highest BCUT2D eigenvalue weighted by Crippen LogP contribution is 2.32. The molecule has 0 fully saturated rings. The van der Waals surface area contributed by atoms with Crippen molar-refractivity contribution < 1.29 is 22.7 Å². The van der Waals surface area contributed by atoms with E-state index in [1.54, 1.807) is 37.3 Å². The molecule has 7 nitrogen and oxygen atoms in total.